The quantitative estimate of drug-likeness (QED) is 0.693. The van der Waals surface area contributed by atoms with Crippen molar-refractivity contribution >= 4 is 23.2 Å². The molecule has 0 spiro atoms. The first-order valence-corrected chi connectivity index (χ1v) is 7.20. The summed E-state index contributed by atoms with van der Waals surface area (Å²) in [5.41, 5.74) is 12.6. The Hall–Kier alpha value is -2.02. The zero-order valence-electron chi connectivity index (χ0n) is 12.7. The van der Waals surface area contributed by atoms with Crippen LogP contribution in [-0.4, -0.2) is 50.2 Å². The summed E-state index contributed by atoms with van der Waals surface area (Å²) in [6.45, 7) is 4.47. The van der Waals surface area contributed by atoms with Crippen molar-refractivity contribution in [2.75, 3.05) is 48.8 Å². The minimum absolute atomic E-state index is 0.0378. The highest BCUT2D eigenvalue weighted by Gasteiger charge is 2.21. The Kier molecular flexibility index (Phi) is 4.85. The molecule has 1 saturated heterocycles. The minimum atomic E-state index is -0.0378. The first-order chi connectivity index (χ1) is 9.97. The van der Waals surface area contributed by atoms with Crippen LogP contribution in [0.3, 0.4) is 0 Å². The lowest BCUT2D eigenvalue weighted by molar-refractivity contribution is -0.118. The summed E-state index contributed by atoms with van der Waals surface area (Å²) in [5, 5.41) is 2.77. The number of carbonyl (C=O) groups is 1. The lowest BCUT2D eigenvalue weighted by Gasteiger charge is -2.23. The zero-order valence-corrected chi connectivity index (χ0v) is 12.7. The lowest BCUT2D eigenvalue weighted by atomic mass is 10.3. The molecule has 7 nitrogen and oxygen atoms in total. The zero-order chi connectivity index (χ0) is 15.4. The van der Waals surface area contributed by atoms with E-state index in [1.807, 2.05) is 24.1 Å². The Morgan fingerprint density at radius 3 is 2.95 bits per heavy atom. The monoisotopic (exact) mass is 292 g/mol. The molecule has 7 heteroatoms. The molecule has 116 valence electrons. The van der Waals surface area contributed by atoms with Crippen LogP contribution in [0.1, 0.15) is 13.3 Å². The average molecular weight is 292 g/mol. The Morgan fingerprint density at radius 1 is 1.57 bits per heavy atom. The number of carbonyl (C=O) groups excluding carboxylic acids is 1. The van der Waals surface area contributed by atoms with Crippen LogP contribution in [-0.2, 0) is 4.79 Å². The van der Waals surface area contributed by atoms with Gasteiger partial charge in [0.2, 0.25) is 5.91 Å². The van der Waals surface area contributed by atoms with Crippen LogP contribution >= 0.6 is 0 Å². The van der Waals surface area contributed by atoms with Crippen LogP contribution in [0.15, 0.2) is 12.1 Å². The van der Waals surface area contributed by atoms with Crippen LogP contribution in [0.2, 0.25) is 0 Å². The number of amides is 1. The third-order valence-electron chi connectivity index (χ3n) is 3.62. The molecule has 2 rings (SSSR count). The first-order valence-electron chi connectivity index (χ1n) is 7.20. The second-order valence-corrected chi connectivity index (χ2v) is 5.48. The van der Waals surface area contributed by atoms with Gasteiger partial charge in [0.05, 0.1) is 5.69 Å². The third-order valence-corrected chi connectivity index (χ3v) is 3.62. The Labute approximate surface area is 125 Å². The predicted octanol–water partition coefficient (Wildman–Crippen LogP) is -0.226. The molecule has 1 amide bonds. The van der Waals surface area contributed by atoms with Gasteiger partial charge in [-0.05, 0) is 18.6 Å². The van der Waals surface area contributed by atoms with Gasteiger partial charge in [0.15, 0.2) is 5.82 Å². The normalized spacial score (nSPS) is 17.9. The molecule has 1 fully saturated rings. The van der Waals surface area contributed by atoms with Gasteiger partial charge in [-0.15, -0.1) is 0 Å². The van der Waals surface area contributed by atoms with Gasteiger partial charge in [0.25, 0.3) is 0 Å². The first kappa shape index (κ1) is 15.4. The number of rotatable bonds is 5. The summed E-state index contributed by atoms with van der Waals surface area (Å²) >= 11 is 0. The van der Waals surface area contributed by atoms with E-state index in [0.29, 0.717) is 18.8 Å². The van der Waals surface area contributed by atoms with E-state index in [4.69, 9.17) is 11.5 Å². The molecule has 1 unspecified atom stereocenters. The maximum atomic E-state index is 10.9. The summed E-state index contributed by atoms with van der Waals surface area (Å²) in [6.07, 6.45) is 0.986. The molecule has 0 bridgehead atoms. The van der Waals surface area contributed by atoms with Crippen LogP contribution in [0.4, 0.5) is 17.3 Å². The molecular weight excluding hydrogens is 268 g/mol. The molecule has 2 heterocycles. The minimum Gasteiger partial charge on any atom is -0.396 e. The molecule has 21 heavy (non-hydrogen) atoms. The molecule has 1 aliphatic heterocycles. The van der Waals surface area contributed by atoms with Crippen molar-refractivity contribution in [3.63, 3.8) is 0 Å². The molecule has 5 N–H and O–H groups in total. The summed E-state index contributed by atoms with van der Waals surface area (Å²) in [5.74, 6) is 1.60. The number of nitrogens with zero attached hydrogens (tertiary/aromatic N) is 3. The number of aromatic nitrogens is 1. The van der Waals surface area contributed by atoms with Crippen molar-refractivity contribution in [1.29, 1.82) is 0 Å². The highest BCUT2D eigenvalue weighted by molar-refractivity contribution is 5.73. The van der Waals surface area contributed by atoms with Crippen LogP contribution < -0.4 is 26.6 Å². The highest BCUT2D eigenvalue weighted by Crippen LogP contribution is 2.25. The fourth-order valence-electron chi connectivity index (χ4n) is 2.43. The molecule has 1 aromatic rings. The maximum Gasteiger partial charge on any atom is 0.216 e. The van der Waals surface area contributed by atoms with E-state index >= 15 is 0 Å². The van der Waals surface area contributed by atoms with Gasteiger partial charge < -0.3 is 26.6 Å². The van der Waals surface area contributed by atoms with Crippen molar-refractivity contribution < 1.29 is 4.79 Å². The van der Waals surface area contributed by atoms with Crippen LogP contribution in [0.25, 0.3) is 0 Å². The fourth-order valence-corrected chi connectivity index (χ4v) is 2.43. The van der Waals surface area contributed by atoms with Gasteiger partial charge >= 0.3 is 0 Å². The van der Waals surface area contributed by atoms with Crippen molar-refractivity contribution in [2.45, 2.75) is 19.4 Å². The Morgan fingerprint density at radius 2 is 2.33 bits per heavy atom. The number of pyridine rings is 1. The summed E-state index contributed by atoms with van der Waals surface area (Å²) < 4.78 is 0. The van der Waals surface area contributed by atoms with Gasteiger partial charge in [-0.1, -0.05) is 0 Å². The standard InChI is InChI=1S/C14H24N6O/c1-10(21)17-6-8-19(2)14-12(16)3-4-13(18-14)20-7-5-11(15)9-20/h3-4,11H,5-9,15-16H2,1-2H3,(H,17,21). The topological polar surface area (TPSA) is 101 Å². The molecule has 0 aromatic carbocycles. The molecule has 0 radical (unpaired) electrons. The average Bonchev–Trinajstić information content (AvgIpc) is 2.85. The van der Waals surface area contributed by atoms with E-state index in [0.717, 1.165) is 31.1 Å². The second kappa shape index (κ2) is 6.62. The lowest BCUT2D eigenvalue weighted by Crippen LogP contribution is -2.33. The molecular formula is C14H24N6O. The van der Waals surface area contributed by atoms with Crippen LogP contribution in [0.5, 0.6) is 0 Å². The van der Waals surface area contributed by atoms with Crippen molar-refractivity contribution in [3.8, 4) is 0 Å². The Bertz CT molecular complexity index is 506. The number of hydrogen-bond acceptors (Lipinski definition) is 6. The molecule has 1 atom stereocenters. The number of nitrogens with one attached hydrogen (secondary N) is 1. The van der Waals surface area contributed by atoms with E-state index in [1.54, 1.807) is 0 Å². The number of nitrogen functional groups attached to an aromatic ring is 1. The molecule has 1 aromatic heterocycles. The van der Waals surface area contributed by atoms with Gasteiger partial charge in [-0.25, -0.2) is 4.98 Å². The molecule has 0 aliphatic carbocycles. The van der Waals surface area contributed by atoms with Crippen molar-refractivity contribution in [3.05, 3.63) is 12.1 Å². The predicted molar refractivity (Wildman–Crippen MR) is 85.4 cm³/mol. The second-order valence-electron chi connectivity index (χ2n) is 5.48. The number of nitrogens with two attached hydrogens (primary N) is 2. The molecule has 1 aliphatic rings. The van der Waals surface area contributed by atoms with Gasteiger partial charge in [0.1, 0.15) is 5.82 Å². The van der Waals surface area contributed by atoms with Gasteiger partial charge in [0, 0.05) is 46.2 Å². The van der Waals surface area contributed by atoms with E-state index in [9.17, 15) is 4.79 Å². The SMILES string of the molecule is CC(=O)NCCN(C)c1nc(N2CCC(N)C2)ccc1N. The van der Waals surface area contributed by atoms with Crippen molar-refractivity contribution in [1.82, 2.24) is 10.3 Å². The third kappa shape index (κ3) is 3.98. The van der Waals surface area contributed by atoms with Gasteiger partial charge in [-0.2, -0.15) is 0 Å². The number of anilines is 3. The fraction of sp³-hybridized carbons (Fsp3) is 0.571. The summed E-state index contributed by atoms with van der Waals surface area (Å²) in [4.78, 5) is 19.7. The number of hydrogen-bond donors (Lipinski definition) is 3. The molecule has 0 saturated carbocycles. The largest absolute Gasteiger partial charge is 0.396 e. The van der Waals surface area contributed by atoms with Crippen molar-refractivity contribution in [2.24, 2.45) is 5.73 Å². The van der Waals surface area contributed by atoms with Gasteiger partial charge in [-0.3, -0.25) is 4.79 Å². The van der Waals surface area contributed by atoms with E-state index < -0.39 is 0 Å². The highest BCUT2D eigenvalue weighted by atomic mass is 16.1. The van der Waals surface area contributed by atoms with Crippen LogP contribution in [0, 0.1) is 0 Å². The van der Waals surface area contributed by atoms with E-state index in [-0.39, 0.29) is 11.9 Å². The smallest absolute Gasteiger partial charge is 0.216 e. The number of likely N-dealkylation sites (N-methyl/N-ethyl adjacent to an activating group) is 1. The summed E-state index contributed by atoms with van der Waals surface area (Å²) in [6, 6.07) is 4.01. The Balaban J connectivity index is 2.06. The maximum absolute atomic E-state index is 10.9. The van der Waals surface area contributed by atoms with E-state index in [2.05, 4.69) is 15.2 Å². The van der Waals surface area contributed by atoms with E-state index in [1.165, 1.54) is 6.92 Å². The summed E-state index contributed by atoms with van der Waals surface area (Å²) in [7, 11) is 1.92.